The number of hydrogen-bond acceptors (Lipinski definition) is 8. The number of benzene rings is 2. The van der Waals surface area contributed by atoms with Crippen LogP contribution >= 0.6 is 0 Å². The minimum absolute atomic E-state index is 0.276. The fraction of sp³-hybridized carbons (Fsp3) is 0.250. The van der Waals surface area contributed by atoms with Crippen LogP contribution in [-0.4, -0.2) is 55.8 Å². The van der Waals surface area contributed by atoms with Crippen LogP contribution in [0.15, 0.2) is 54.7 Å². The highest BCUT2D eigenvalue weighted by atomic mass is 16.5. The smallest absolute Gasteiger partial charge is 0.227 e. The van der Waals surface area contributed by atoms with Crippen LogP contribution in [0, 0.1) is 11.3 Å². The molecule has 0 spiro atoms. The highest BCUT2D eigenvalue weighted by Crippen LogP contribution is 2.26. The number of nitrogens with one attached hydrogen (secondary N) is 2. The lowest BCUT2D eigenvalue weighted by atomic mass is 10.1. The second-order valence-corrected chi connectivity index (χ2v) is 7.28. The first-order valence-electron chi connectivity index (χ1n) is 10.6. The van der Waals surface area contributed by atoms with Crippen molar-refractivity contribution in [3.05, 3.63) is 60.3 Å². The molecule has 1 amide bonds. The molecule has 2 heterocycles. The zero-order valence-corrected chi connectivity index (χ0v) is 18.0. The minimum atomic E-state index is 0.276. The maximum atomic E-state index is 10.3. The number of amides is 1. The summed E-state index contributed by atoms with van der Waals surface area (Å²) in [6, 6.07) is 17.4. The van der Waals surface area contributed by atoms with Gasteiger partial charge in [-0.15, -0.1) is 0 Å². The van der Waals surface area contributed by atoms with Gasteiger partial charge in [-0.2, -0.15) is 5.26 Å². The summed E-state index contributed by atoms with van der Waals surface area (Å²) in [6.07, 6.45) is 2.28. The van der Waals surface area contributed by atoms with Crippen molar-refractivity contribution >= 4 is 23.7 Å². The van der Waals surface area contributed by atoms with Gasteiger partial charge in [0.25, 0.3) is 0 Å². The molecule has 1 fully saturated rings. The van der Waals surface area contributed by atoms with Gasteiger partial charge in [0.2, 0.25) is 12.4 Å². The zero-order chi connectivity index (χ0) is 22.9. The molecule has 3 aromatic rings. The molecule has 0 bridgehead atoms. The van der Waals surface area contributed by atoms with E-state index in [1.165, 1.54) is 0 Å². The molecule has 0 radical (unpaired) electrons. The molecule has 1 saturated heterocycles. The maximum absolute atomic E-state index is 10.3. The van der Waals surface area contributed by atoms with E-state index in [1.54, 1.807) is 24.4 Å². The summed E-state index contributed by atoms with van der Waals surface area (Å²) >= 11 is 0. The highest BCUT2D eigenvalue weighted by molar-refractivity contribution is 5.66. The average molecular weight is 444 g/mol. The molecule has 2 N–H and O–H groups in total. The molecule has 168 valence electrons. The van der Waals surface area contributed by atoms with Crippen molar-refractivity contribution in [1.29, 1.82) is 5.26 Å². The molecule has 0 unspecified atom stereocenters. The maximum Gasteiger partial charge on any atom is 0.227 e. The fourth-order valence-corrected chi connectivity index (χ4v) is 3.47. The number of anilines is 3. The Morgan fingerprint density at radius 1 is 1.15 bits per heavy atom. The predicted octanol–water partition coefficient (Wildman–Crippen LogP) is 2.72. The van der Waals surface area contributed by atoms with Crippen molar-refractivity contribution in [1.82, 2.24) is 15.3 Å². The number of nitrogens with zero attached hydrogens (tertiary/aromatic N) is 4. The molecule has 0 atom stereocenters. The third kappa shape index (κ3) is 5.75. The first-order valence-corrected chi connectivity index (χ1v) is 10.6. The Morgan fingerprint density at radius 3 is 2.73 bits per heavy atom. The largest absolute Gasteiger partial charge is 0.490 e. The van der Waals surface area contributed by atoms with Crippen LogP contribution in [0.4, 0.5) is 17.3 Å². The normalized spacial score (nSPS) is 13.1. The molecule has 0 aliphatic carbocycles. The lowest BCUT2D eigenvalue weighted by Gasteiger charge is -2.28. The van der Waals surface area contributed by atoms with Gasteiger partial charge < -0.3 is 25.0 Å². The van der Waals surface area contributed by atoms with Crippen LogP contribution in [0.1, 0.15) is 5.56 Å². The number of rotatable bonds is 9. The monoisotopic (exact) mass is 444 g/mol. The molecule has 4 rings (SSSR count). The second kappa shape index (κ2) is 10.9. The van der Waals surface area contributed by atoms with E-state index in [2.05, 4.69) is 43.7 Å². The molecular weight excluding hydrogens is 420 g/mol. The van der Waals surface area contributed by atoms with E-state index in [0.717, 1.165) is 43.2 Å². The third-order valence-electron chi connectivity index (χ3n) is 5.14. The summed E-state index contributed by atoms with van der Waals surface area (Å²) in [5.74, 6) is 0.923. The number of hydrogen-bond donors (Lipinski definition) is 2. The molecule has 0 saturated carbocycles. The molecule has 33 heavy (non-hydrogen) atoms. The van der Waals surface area contributed by atoms with Gasteiger partial charge >= 0.3 is 0 Å². The minimum Gasteiger partial charge on any atom is -0.490 e. The standard InChI is InChI=1S/C24H24N6O3/c25-16-19-15-18(1-6-23(19)33-12-9-26-17-31)22-7-8-27-24(29-22)28-20-2-4-21(5-3-20)30-10-13-32-14-11-30/h1-8,15,17H,9-14H2,(H,26,31)(H,27,28,29). The fourth-order valence-electron chi connectivity index (χ4n) is 3.47. The SMILES string of the molecule is N#Cc1cc(-c2ccnc(Nc3ccc(N4CCOCC4)cc3)n2)ccc1OCCNC=O. The van der Waals surface area contributed by atoms with Crippen LogP contribution < -0.4 is 20.3 Å². The summed E-state index contributed by atoms with van der Waals surface area (Å²) in [4.78, 5) is 21.5. The zero-order valence-electron chi connectivity index (χ0n) is 18.0. The molecule has 9 heteroatoms. The summed E-state index contributed by atoms with van der Waals surface area (Å²) in [6.45, 7) is 3.92. The Bertz CT molecular complexity index is 1120. The predicted molar refractivity (Wildman–Crippen MR) is 125 cm³/mol. The van der Waals surface area contributed by atoms with Gasteiger partial charge in [0.05, 0.1) is 31.0 Å². The summed E-state index contributed by atoms with van der Waals surface area (Å²) in [7, 11) is 0. The van der Waals surface area contributed by atoms with E-state index < -0.39 is 0 Å². The number of ether oxygens (including phenoxy) is 2. The van der Waals surface area contributed by atoms with Gasteiger partial charge in [-0.1, -0.05) is 0 Å². The van der Waals surface area contributed by atoms with Crippen molar-refractivity contribution < 1.29 is 14.3 Å². The molecule has 2 aromatic carbocycles. The lowest BCUT2D eigenvalue weighted by molar-refractivity contribution is -0.109. The topological polar surface area (TPSA) is 112 Å². The average Bonchev–Trinajstić information content (AvgIpc) is 2.88. The van der Waals surface area contributed by atoms with Gasteiger partial charge in [0.1, 0.15) is 18.4 Å². The van der Waals surface area contributed by atoms with Crippen LogP contribution in [0.3, 0.4) is 0 Å². The van der Waals surface area contributed by atoms with Crippen molar-refractivity contribution in [3.8, 4) is 23.1 Å². The highest BCUT2D eigenvalue weighted by Gasteiger charge is 2.12. The Hall–Kier alpha value is -4.16. The van der Waals surface area contributed by atoms with Crippen molar-refractivity contribution in [2.24, 2.45) is 0 Å². The van der Waals surface area contributed by atoms with Crippen LogP contribution in [-0.2, 0) is 9.53 Å². The van der Waals surface area contributed by atoms with E-state index in [9.17, 15) is 10.1 Å². The number of carbonyl (C=O) groups is 1. The molecule has 9 nitrogen and oxygen atoms in total. The number of carbonyl (C=O) groups excluding carboxylic acids is 1. The summed E-state index contributed by atoms with van der Waals surface area (Å²) in [5, 5.41) is 15.3. The first kappa shape index (κ1) is 22.0. The van der Waals surface area contributed by atoms with Crippen molar-refractivity contribution in [2.75, 3.05) is 49.7 Å². The third-order valence-corrected chi connectivity index (χ3v) is 5.14. The number of morpholine rings is 1. The van der Waals surface area contributed by atoms with E-state index in [4.69, 9.17) is 9.47 Å². The molecule has 1 aliphatic heterocycles. The Labute approximate surface area is 192 Å². The van der Waals surface area contributed by atoms with E-state index in [-0.39, 0.29) is 6.61 Å². The van der Waals surface area contributed by atoms with E-state index >= 15 is 0 Å². The van der Waals surface area contributed by atoms with Gasteiger partial charge in [0.15, 0.2) is 0 Å². The van der Waals surface area contributed by atoms with Gasteiger partial charge in [-0.3, -0.25) is 4.79 Å². The van der Waals surface area contributed by atoms with Crippen LogP contribution in [0.2, 0.25) is 0 Å². The van der Waals surface area contributed by atoms with E-state index in [0.29, 0.717) is 35.9 Å². The molecule has 1 aliphatic rings. The van der Waals surface area contributed by atoms with Crippen LogP contribution in [0.5, 0.6) is 5.75 Å². The lowest BCUT2D eigenvalue weighted by Crippen LogP contribution is -2.36. The number of aromatic nitrogens is 2. The summed E-state index contributed by atoms with van der Waals surface area (Å²) in [5.41, 5.74) is 3.90. The van der Waals surface area contributed by atoms with Gasteiger partial charge in [-0.05, 0) is 48.5 Å². The Morgan fingerprint density at radius 2 is 1.97 bits per heavy atom. The van der Waals surface area contributed by atoms with Crippen LogP contribution in [0.25, 0.3) is 11.3 Å². The second-order valence-electron chi connectivity index (χ2n) is 7.28. The van der Waals surface area contributed by atoms with E-state index in [1.807, 2.05) is 18.2 Å². The molecule has 1 aromatic heterocycles. The van der Waals surface area contributed by atoms with Crippen molar-refractivity contribution in [2.45, 2.75) is 0 Å². The van der Waals surface area contributed by atoms with Gasteiger partial charge in [0, 0.05) is 36.2 Å². The Kier molecular flexibility index (Phi) is 7.30. The molecular formula is C24H24N6O3. The summed E-state index contributed by atoms with van der Waals surface area (Å²) < 4.78 is 11.0. The quantitative estimate of drug-likeness (QED) is 0.383. The number of nitriles is 1. The first-order chi connectivity index (χ1) is 16.3. The Balaban J connectivity index is 1.45. The van der Waals surface area contributed by atoms with Crippen molar-refractivity contribution in [3.63, 3.8) is 0 Å². The van der Waals surface area contributed by atoms with Gasteiger partial charge in [-0.25, -0.2) is 9.97 Å².